The van der Waals surface area contributed by atoms with Crippen molar-refractivity contribution in [1.82, 2.24) is 5.32 Å². The van der Waals surface area contributed by atoms with Gasteiger partial charge in [-0.25, -0.2) is 0 Å². The van der Waals surface area contributed by atoms with Gasteiger partial charge < -0.3 is 10.1 Å². The molecule has 1 aliphatic heterocycles. The Kier molecular flexibility index (Phi) is 4.69. The molecule has 82 valence electrons. The van der Waals surface area contributed by atoms with Crippen molar-refractivity contribution < 1.29 is 9.53 Å². The van der Waals surface area contributed by atoms with Gasteiger partial charge in [0.15, 0.2) is 0 Å². The van der Waals surface area contributed by atoms with E-state index in [1.165, 1.54) is 0 Å². The largest absolute Gasteiger partial charge is 0.365 e. The van der Waals surface area contributed by atoms with E-state index >= 15 is 0 Å². The molecule has 0 bridgehead atoms. The maximum atomic E-state index is 11.5. The van der Waals surface area contributed by atoms with Crippen molar-refractivity contribution in [3.8, 4) is 0 Å². The van der Waals surface area contributed by atoms with E-state index in [1.54, 1.807) is 0 Å². The van der Waals surface area contributed by atoms with Crippen molar-refractivity contribution in [3.63, 3.8) is 0 Å². The molecule has 3 nitrogen and oxygen atoms in total. The lowest BCUT2D eigenvalue weighted by molar-refractivity contribution is -0.131. The zero-order valence-electron chi connectivity index (χ0n) is 8.75. The fraction of sp³-hybridized carbons (Fsp3) is 0.900. The average Bonchev–Trinajstić information content (AvgIpc) is 2.60. The summed E-state index contributed by atoms with van der Waals surface area (Å²) in [5.74, 6) is -0.0200. The maximum Gasteiger partial charge on any atom is 0.249 e. The molecule has 1 amide bonds. The molecule has 0 aromatic rings. The number of hydrogen-bond donors (Lipinski definition) is 1. The Morgan fingerprint density at radius 2 is 2.36 bits per heavy atom. The number of nitrogens with one attached hydrogen (secondary N) is 1. The third-order valence-electron chi connectivity index (χ3n) is 2.47. The summed E-state index contributed by atoms with van der Waals surface area (Å²) in [5.41, 5.74) is 0. The lowest BCUT2D eigenvalue weighted by Crippen LogP contribution is -2.37. The van der Waals surface area contributed by atoms with Crippen LogP contribution in [-0.2, 0) is 9.53 Å². The molecule has 1 fully saturated rings. The molecule has 0 aromatic heterocycles. The van der Waals surface area contributed by atoms with Crippen molar-refractivity contribution in [3.05, 3.63) is 0 Å². The monoisotopic (exact) mass is 219 g/mol. The summed E-state index contributed by atoms with van der Waals surface area (Å²) >= 11 is 5.89. The van der Waals surface area contributed by atoms with Gasteiger partial charge >= 0.3 is 0 Å². The normalized spacial score (nSPS) is 28.8. The van der Waals surface area contributed by atoms with Crippen molar-refractivity contribution in [2.24, 2.45) is 0 Å². The number of halogens is 1. The maximum absolute atomic E-state index is 11.5. The summed E-state index contributed by atoms with van der Waals surface area (Å²) in [4.78, 5) is 11.5. The molecular formula is C10H18ClNO2. The van der Waals surface area contributed by atoms with Crippen LogP contribution in [0.1, 0.15) is 33.1 Å². The lowest BCUT2D eigenvalue weighted by Gasteiger charge is -2.13. The standard InChI is InChI=1S/C10H18ClNO2/c1-3-8(11)6-12-10(13)9-5-4-7(2)14-9/h7-9H,3-6H2,1-2H3,(H,12,13). The van der Waals surface area contributed by atoms with Crippen LogP contribution in [0.25, 0.3) is 0 Å². The Morgan fingerprint density at radius 3 is 2.86 bits per heavy atom. The van der Waals surface area contributed by atoms with Crippen LogP contribution in [0.15, 0.2) is 0 Å². The molecule has 3 unspecified atom stereocenters. The second-order valence-corrected chi connectivity index (χ2v) is 4.38. The summed E-state index contributed by atoms with van der Waals surface area (Å²) < 4.78 is 5.43. The lowest BCUT2D eigenvalue weighted by atomic mass is 10.2. The highest BCUT2D eigenvalue weighted by molar-refractivity contribution is 6.20. The van der Waals surface area contributed by atoms with Gasteiger partial charge in [0, 0.05) is 6.54 Å². The molecule has 14 heavy (non-hydrogen) atoms. The van der Waals surface area contributed by atoms with Crippen LogP contribution in [0.5, 0.6) is 0 Å². The molecule has 0 saturated carbocycles. The molecule has 1 N–H and O–H groups in total. The van der Waals surface area contributed by atoms with Gasteiger partial charge in [0.25, 0.3) is 0 Å². The van der Waals surface area contributed by atoms with Crippen molar-refractivity contribution in [1.29, 1.82) is 0 Å². The predicted octanol–water partition coefficient (Wildman–Crippen LogP) is 1.69. The fourth-order valence-electron chi connectivity index (χ4n) is 1.46. The summed E-state index contributed by atoms with van der Waals surface area (Å²) in [6, 6.07) is 0. The van der Waals surface area contributed by atoms with Gasteiger partial charge in [0.1, 0.15) is 6.10 Å². The van der Waals surface area contributed by atoms with E-state index < -0.39 is 0 Å². The Bertz CT molecular complexity index is 199. The average molecular weight is 220 g/mol. The van der Waals surface area contributed by atoms with Crippen LogP contribution in [0.2, 0.25) is 0 Å². The molecule has 0 spiro atoms. The Balaban J connectivity index is 2.22. The van der Waals surface area contributed by atoms with E-state index in [0.29, 0.717) is 6.54 Å². The Hall–Kier alpha value is -0.280. The highest BCUT2D eigenvalue weighted by Gasteiger charge is 2.27. The molecule has 3 atom stereocenters. The van der Waals surface area contributed by atoms with Crippen LogP contribution in [0.4, 0.5) is 0 Å². The first-order chi connectivity index (χ1) is 6.63. The number of rotatable bonds is 4. The molecule has 1 heterocycles. The predicted molar refractivity (Wildman–Crippen MR) is 56.5 cm³/mol. The first-order valence-electron chi connectivity index (χ1n) is 5.20. The minimum atomic E-state index is -0.259. The second kappa shape index (κ2) is 5.56. The van der Waals surface area contributed by atoms with Crippen LogP contribution >= 0.6 is 11.6 Å². The fourth-order valence-corrected chi connectivity index (χ4v) is 1.54. The third kappa shape index (κ3) is 3.46. The highest BCUT2D eigenvalue weighted by Crippen LogP contribution is 2.18. The quantitative estimate of drug-likeness (QED) is 0.731. The molecule has 1 aliphatic rings. The van der Waals surface area contributed by atoms with E-state index in [4.69, 9.17) is 16.3 Å². The Labute approximate surface area is 90.1 Å². The van der Waals surface area contributed by atoms with Crippen LogP contribution in [-0.4, -0.2) is 30.0 Å². The summed E-state index contributed by atoms with van der Waals surface area (Å²) in [6.07, 6.45) is 2.61. The van der Waals surface area contributed by atoms with E-state index in [-0.39, 0.29) is 23.5 Å². The van der Waals surface area contributed by atoms with Gasteiger partial charge in [-0.15, -0.1) is 11.6 Å². The molecule has 0 aromatic carbocycles. The summed E-state index contributed by atoms with van der Waals surface area (Å²) in [6.45, 7) is 4.52. The van der Waals surface area contributed by atoms with E-state index in [2.05, 4.69) is 5.32 Å². The molecule has 0 radical (unpaired) electrons. The number of carbonyl (C=O) groups is 1. The summed E-state index contributed by atoms with van der Waals surface area (Å²) in [5, 5.41) is 2.83. The van der Waals surface area contributed by atoms with Crippen LogP contribution in [0.3, 0.4) is 0 Å². The SMILES string of the molecule is CCC(Cl)CNC(=O)C1CCC(C)O1. The van der Waals surface area contributed by atoms with Crippen molar-refractivity contribution in [2.45, 2.75) is 50.7 Å². The van der Waals surface area contributed by atoms with Gasteiger partial charge in [0.2, 0.25) is 5.91 Å². The van der Waals surface area contributed by atoms with E-state index in [0.717, 1.165) is 19.3 Å². The zero-order chi connectivity index (χ0) is 10.6. The van der Waals surface area contributed by atoms with Gasteiger partial charge in [-0.3, -0.25) is 4.79 Å². The molecule has 4 heteroatoms. The van der Waals surface area contributed by atoms with Crippen molar-refractivity contribution >= 4 is 17.5 Å². The van der Waals surface area contributed by atoms with Gasteiger partial charge in [-0.1, -0.05) is 6.92 Å². The van der Waals surface area contributed by atoms with Crippen molar-refractivity contribution in [2.75, 3.05) is 6.54 Å². The van der Waals surface area contributed by atoms with E-state index in [1.807, 2.05) is 13.8 Å². The highest BCUT2D eigenvalue weighted by atomic mass is 35.5. The van der Waals surface area contributed by atoms with Gasteiger partial charge in [-0.2, -0.15) is 0 Å². The van der Waals surface area contributed by atoms with E-state index in [9.17, 15) is 4.79 Å². The zero-order valence-corrected chi connectivity index (χ0v) is 9.51. The van der Waals surface area contributed by atoms with Gasteiger partial charge in [0.05, 0.1) is 11.5 Å². The third-order valence-corrected chi connectivity index (χ3v) is 2.93. The molecular weight excluding hydrogens is 202 g/mol. The minimum absolute atomic E-state index is 0.0200. The first-order valence-corrected chi connectivity index (χ1v) is 5.64. The molecule has 1 rings (SSSR count). The molecule has 1 saturated heterocycles. The van der Waals surface area contributed by atoms with Crippen LogP contribution < -0.4 is 5.32 Å². The minimum Gasteiger partial charge on any atom is -0.365 e. The smallest absolute Gasteiger partial charge is 0.249 e. The second-order valence-electron chi connectivity index (χ2n) is 3.76. The molecule has 0 aliphatic carbocycles. The number of carbonyl (C=O) groups excluding carboxylic acids is 1. The number of hydrogen-bond acceptors (Lipinski definition) is 2. The Morgan fingerprint density at radius 1 is 1.64 bits per heavy atom. The van der Waals surface area contributed by atoms with Crippen LogP contribution in [0, 0.1) is 0 Å². The first kappa shape index (κ1) is 11.8. The number of alkyl halides is 1. The van der Waals surface area contributed by atoms with Gasteiger partial charge in [-0.05, 0) is 26.2 Å². The number of amides is 1. The summed E-state index contributed by atoms with van der Waals surface area (Å²) in [7, 11) is 0. The number of ether oxygens (including phenoxy) is 1. The topological polar surface area (TPSA) is 38.3 Å².